The number of amides is 1. The zero-order chi connectivity index (χ0) is 18.9. The highest BCUT2D eigenvalue weighted by molar-refractivity contribution is 6.30. The number of aryl methyl sites for hydroxylation is 1. The van der Waals surface area contributed by atoms with Crippen molar-refractivity contribution in [2.45, 2.75) is 19.3 Å². The molecule has 0 aliphatic heterocycles. The van der Waals surface area contributed by atoms with Crippen LogP contribution in [0.2, 0.25) is 5.02 Å². The van der Waals surface area contributed by atoms with E-state index in [0.29, 0.717) is 24.5 Å². The Labute approximate surface area is 163 Å². The first kappa shape index (κ1) is 18.9. The first-order valence-corrected chi connectivity index (χ1v) is 9.23. The molecule has 0 aliphatic rings. The summed E-state index contributed by atoms with van der Waals surface area (Å²) in [5.41, 5.74) is 2.29. The van der Waals surface area contributed by atoms with E-state index in [1.54, 1.807) is 12.1 Å². The minimum atomic E-state index is -0.0742. The highest BCUT2D eigenvalue weighted by Crippen LogP contribution is 2.12. The minimum Gasteiger partial charge on any atom is -0.368 e. The lowest BCUT2D eigenvalue weighted by atomic mass is 10.1. The van der Waals surface area contributed by atoms with Crippen LogP contribution < -0.4 is 10.6 Å². The van der Waals surface area contributed by atoms with Gasteiger partial charge in [-0.05, 0) is 48.2 Å². The monoisotopic (exact) mass is 380 g/mol. The lowest BCUT2D eigenvalue weighted by molar-refractivity contribution is -0.116. The van der Waals surface area contributed by atoms with Crippen molar-refractivity contribution in [2.24, 2.45) is 0 Å². The third kappa shape index (κ3) is 6.38. The number of rotatable bonds is 8. The molecule has 3 aromatic rings. The molecule has 0 aliphatic carbocycles. The fourth-order valence-electron chi connectivity index (χ4n) is 2.63. The topological polar surface area (TPSA) is 66.9 Å². The van der Waals surface area contributed by atoms with Crippen LogP contribution in [-0.2, 0) is 17.6 Å². The summed E-state index contributed by atoms with van der Waals surface area (Å²) in [5, 5.41) is 14.9. The molecule has 0 saturated carbocycles. The Bertz CT molecular complexity index is 869. The predicted octanol–water partition coefficient (Wildman–Crippen LogP) is 4.36. The van der Waals surface area contributed by atoms with Crippen molar-refractivity contribution in [1.29, 1.82) is 0 Å². The molecule has 138 valence electrons. The minimum absolute atomic E-state index is 0.0742. The number of carbonyl (C=O) groups excluding carboxylic acids is 1. The molecule has 0 atom stereocenters. The quantitative estimate of drug-likeness (QED) is 0.609. The van der Waals surface area contributed by atoms with Crippen molar-refractivity contribution < 1.29 is 4.79 Å². The third-order valence-electron chi connectivity index (χ3n) is 4.02. The van der Waals surface area contributed by atoms with Gasteiger partial charge < -0.3 is 10.6 Å². The predicted molar refractivity (Wildman–Crippen MR) is 109 cm³/mol. The van der Waals surface area contributed by atoms with E-state index >= 15 is 0 Å². The summed E-state index contributed by atoms with van der Waals surface area (Å²) < 4.78 is 0. The van der Waals surface area contributed by atoms with E-state index in [9.17, 15) is 4.79 Å². The molecule has 1 amide bonds. The summed E-state index contributed by atoms with van der Waals surface area (Å²) in [7, 11) is 0. The third-order valence-corrected chi connectivity index (χ3v) is 4.26. The van der Waals surface area contributed by atoms with Crippen LogP contribution in [0.15, 0.2) is 66.7 Å². The number of halogens is 1. The van der Waals surface area contributed by atoms with Gasteiger partial charge in [-0.3, -0.25) is 4.79 Å². The number of nitrogens with zero attached hydrogens (tertiary/aromatic N) is 2. The average Bonchev–Trinajstić information content (AvgIpc) is 2.69. The van der Waals surface area contributed by atoms with Crippen molar-refractivity contribution in [3.05, 3.63) is 82.9 Å². The first-order chi connectivity index (χ1) is 13.2. The molecular weight excluding hydrogens is 360 g/mol. The molecule has 5 nitrogen and oxygen atoms in total. The number of aromatic nitrogens is 2. The number of nitrogens with one attached hydrogen (secondary N) is 2. The fourth-order valence-corrected chi connectivity index (χ4v) is 2.84. The molecule has 0 saturated heterocycles. The largest absolute Gasteiger partial charge is 0.368 e. The lowest BCUT2D eigenvalue weighted by Gasteiger charge is -2.07. The molecule has 0 radical (unpaired) electrons. The molecule has 0 fully saturated rings. The average molecular weight is 381 g/mol. The van der Waals surface area contributed by atoms with Gasteiger partial charge >= 0.3 is 0 Å². The standard InChI is InChI=1S/C21H21ClN4O/c22-18-8-4-7-17(15-18)13-14-23-19-10-11-20(26-25-19)24-21(27)12-9-16-5-2-1-3-6-16/h1-8,10-11,15H,9,12-14H2,(H,23,25)(H,24,26,27). The Morgan fingerprint density at radius 2 is 1.59 bits per heavy atom. The van der Waals surface area contributed by atoms with Gasteiger partial charge in [0.1, 0.15) is 5.82 Å². The van der Waals surface area contributed by atoms with Gasteiger partial charge in [0.25, 0.3) is 0 Å². The van der Waals surface area contributed by atoms with E-state index in [1.807, 2.05) is 54.6 Å². The van der Waals surface area contributed by atoms with Crippen LogP contribution in [0.5, 0.6) is 0 Å². The highest BCUT2D eigenvalue weighted by atomic mass is 35.5. The van der Waals surface area contributed by atoms with Crippen LogP contribution in [0.25, 0.3) is 0 Å². The van der Waals surface area contributed by atoms with Crippen LogP contribution >= 0.6 is 11.6 Å². The summed E-state index contributed by atoms with van der Waals surface area (Å²) in [6.45, 7) is 0.720. The lowest BCUT2D eigenvalue weighted by Crippen LogP contribution is -2.14. The van der Waals surface area contributed by atoms with Gasteiger partial charge in [-0.15, -0.1) is 10.2 Å². The summed E-state index contributed by atoms with van der Waals surface area (Å²) in [4.78, 5) is 12.0. The Morgan fingerprint density at radius 3 is 2.33 bits per heavy atom. The molecule has 1 aromatic heterocycles. The molecule has 2 N–H and O–H groups in total. The van der Waals surface area contributed by atoms with E-state index < -0.39 is 0 Å². The second kappa shape index (κ2) is 9.69. The fraction of sp³-hybridized carbons (Fsp3) is 0.190. The molecule has 0 unspecified atom stereocenters. The summed E-state index contributed by atoms with van der Waals surface area (Å²) >= 11 is 5.98. The van der Waals surface area contributed by atoms with E-state index in [4.69, 9.17) is 11.6 Å². The van der Waals surface area contributed by atoms with Crippen LogP contribution in [0.4, 0.5) is 11.6 Å². The van der Waals surface area contributed by atoms with Crippen LogP contribution in [-0.4, -0.2) is 22.6 Å². The van der Waals surface area contributed by atoms with Gasteiger partial charge in [-0.25, -0.2) is 0 Å². The SMILES string of the molecule is O=C(CCc1ccccc1)Nc1ccc(NCCc2cccc(Cl)c2)nn1. The van der Waals surface area contributed by atoms with Gasteiger partial charge in [0.15, 0.2) is 5.82 Å². The van der Waals surface area contributed by atoms with Gasteiger partial charge in [0, 0.05) is 18.0 Å². The van der Waals surface area contributed by atoms with Gasteiger partial charge in [0.2, 0.25) is 5.91 Å². The van der Waals surface area contributed by atoms with Crippen LogP contribution in [0.1, 0.15) is 17.5 Å². The maximum atomic E-state index is 12.0. The number of hydrogen-bond acceptors (Lipinski definition) is 4. The molecule has 0 spiro atoms. The maximum Gasteiger partial charge on any atom is 0.225 e. The normalized spacial score (nSPS) is 10.4. The zero-order valence-electron chi connectivity index (χ0n) is 14.9. The van der Waals surface area contributed by atoms with Crippen molar-refractivity contribution in [3.8, 4) is 0 Å². The van der Waals surface area contributed by atoms with Crippen molar-refractivity contribution in [3.63, 3.8) is 0 Å². The van der Waals surface area contributed by atoms with Gasteiger partial charge in [0.05, 0.1) is 0 Å². The van der Waals surface area contributed by atoms with E-state index in [1.165, 1.54) is 0 Å². The highest BCUT2D eigenvalue weighted by Gasteiger charge is 2.05. The Balaban J connectivity index is 1.42. The number of hydrogen-bond donors (Lipinski definition) is 2. The summed E-state index contributed by atoms with van der Waals surface area (Å²) in [5.74, 6) is 1.04. The second-order valence-corrected chi connectivity index (χ2v) is 6.58. The van der Waals surface area contributed by atoms with E-state index in [2.05, 4.69) is 20.8 Å². The molecule has 1 heterocycles. The smallest absolute Gasteiger partial charge is 0.225 e. The van der Waals surface area contributed by atoms with Crippen molar-refractivity contribution >= 4 is 29.1 Å². The first-order valence-electron chi connectivity index (χ1n) is 8.85. The molecule has 0 bridgehead atoms. The summed E-state index contributed by atoms with van der Waals surface area (Å²) in [6.07, 6.45) is 1.94. The molecule has 6 heteroatoms. The van der Waals surface area contributed by atoms with Crippen molar-refractivity contribution in [1.82, 2.24) is 10.2 Å². The van der Waals surface area contributed by atoms with Crippen LogP contribution in [0, 0.1) is 0 Å². The van der Waals surface area contributed by atoms with Crippen molar-refractivity contribution in [2.75, 3.05) is 17.2 Å². The van der Waals surface area contributed by atoms with E-state index in [0.717, 1.165) is 29.1 Å². The molecular formula is C21H21ClN4O. The number of anilines is 2. The Hall–Kier alpha value is -2.92. The Morgan fingerprint density at radius 1 is 0.852 bits per heavy atom. The molecule has 2 aromatic carbocycles. The number of benzene rings is 2. The Kier molecular flexibility index (Phi) is 6.77. The zero-order valence-corrected chi connectivity index (χ0v) is 15.6. The van der Waals surface area contributed by atoms with Crippen LogP contribution in [0.3, 0.4) is 0 Å². The maximum absolute atomic E-state index is 12.0. The summed E-state index contributed by atoms with van der Waals surface area (Å²) in [6, 6.07) is 21.2. The van der Waals surface area contributed by atoms with E-state index in [-0.39, 0.29) is 5.91 Å². The number of carbonyl (C=O) groups is 1. The van der Waals surface area contributed by atoms with Gasteiger partial charge in [-0.1, -0.05) is 54.1 Å². The van der Waals surface area contributed by atoms with Gasteiger partial charge in [-0.2, -0.15) is 0 Å². The molecule has 3 rings (SSSR count). The molecule has 27 heavy (non-hydrogen) atoms. The second-order valence-electron chi connectivity index (χ2n) is 6.14.